The zero-order valence-corrected chi connectivity index (χ0v) is 18.1. The number of thiophene rings is 1. The van der Waals surface area contributed by atoms with Gasteiger partial charge in [-0.2, -0.15) is 5.26 Å². The molecule has 1 amide bonds. The summed E-state index contributed by atoms with van der Waals surface area (Å²) in [7, 11) is 1.30. The molecular formula is C23H22N2O5S. The highest BCUT2D eigenvalue weighted by molar-refractivity contribution is 7.16. The molecule has 8 heteroatoms. The lowest BCUT2D eigenvalue weighted by Crippen LogP contribution is -2.20. The molecule has 1 aromatic carbocycles. The number of rotatable bonds is 6. The number of nitrogens with one attached hydrogen (secondary N) is 1. The minimum absolute atomic E-state index is 0.403. The number of esters is 2. The van der Waals surface area contributed by atoms with Crippen molar-refractivity contribution in [3.8, 4) is 6.07 Å². The van der Waals surface area contributed by atoms with Gasteiger partial charge in [0.2, 0.25) is 0 Å². The molecule has 0 fully saturated rings. The second-order valence-corrected chi connectivity index (χ2v) is 8.38. The highest BCUT2D eigenvalue weighted by atomic mass is 32.1. The number of hydrogen-bond donors (Lipinski definition) is 1. The quantitative estimate of drug-likeness (QED) is 0.544. The summed E-state index contributed by atoms with van der Waals surface area (Å²) in [5.74, 6) is -1.05. The average Bonchev–Trinajstić information content (AvgIpc) is 3.11. The van der Waals surface area contributed by atoms with Crippen LogP contribution in [-0.4, -0.2) is 31.6 Å². The van der Waals surface area contributed by atoms with Crippen LogP contribution in [0.2, 0.25) is 0 Å². The topological polar surface area (TPSA) is 105 Å². The van der Waals surface area contributed by atoms with Crippen molar-refractivity contribution in [2.24, 2.45) is 5.92 Å². The Morgan fingerprint density at radius 1 is 1.29 bits per heavy atom. The third kappa shape index (κ3) is 5.58. The zero-order valence-electron chi connectivity index (χ0n) is 17.3. The predicted molar refractivity (Wildman–Crippen MR) is 117 cm³/mol. The van der Waals surface area contributed by atoms with Crippen molar-refractivity contribution in [1.29, 1.82) is 5.26 Å². The molecular weight excluding hydrogens is 416 g/mol. The summed E-state index contributed by atoms with van der Waals surface area (Å²) < 4.78 is 9.61. The van der Waals surface area contributed by atoms with E-state index in [0.29, 0.717) is 27.6 Å². The van der Waals surface area contributed by atoms with Crippen LogP contribution in [0.5, 0.6) is 0 Å². The Morgan fingerprint density at radius 3 is 2.71 bits per heavy atom. The van der Waals surface area contributed by atoms with Crippen molar-refractivity contribution in [3.05, 3.63) is 57.5 Å². The normalized spacial score (nSPS) is 15.1. The Morgan fingerprint density at radius 2 is 2.03 bits per heavy atom. The number of methoxy groups -OCH3 is 1. The van der Waals surface area contributed by atoms with Gasteiger partial charge in [-0.05, 0) is 54.5 Å². The fourth-order valence-corrected chi connectivity index (χ4v) is 4.69. The Balaban J connectivity index is 1.53. The molecule has 7 nitrogen and oxygen atoms in total. The molecule has 0 aliphatic heterocycles. The summed E-state index contributed by atoms with van der Waals surface area (Å²) in [6.07, 6.45) is 5.49. The van der Waals surface area contributed by atoms with E-state index in [1.54, 1.807) is 24.3 Å². The summed E-state index contributed by atoms with van der Waals surface area (Å²) in [4.78, 5) is 36.7. The van der Waals surface area contributed by atoms with E-state index < -0.39 is 24.5 Å². The van der Waals surface area contributed by atoms with Gasteiger partial charge >= 0.3 is 11.9 Å². The highest BCUT2D eigenvalue weighted by Crippen LogP contribution is 2.39. The molecule has 2 aromatic rings. The number of nitriles is 1. The molecule has 1 aromatic heterocycles. The molecule has 1 aliphatic carbocycles. The number of fused-ring (bicyclic) bond motifs is 1. The van der Waals surface area contributed by atoms with Crippen molar-refractivity contribution in [2.75, 3.05) is 19.0 Å². The van der Waals surface area contributed by atoms with Gasteiger partial charge in [-0.25, -0.2) is 9.59 Å². The number of amides is 1. The van der Waals surface area contributed by atoms with E-state index in [1.165, 1.54) is 30.6 Å². The minimum Gasteiger partial charge on any atom is -0.465 e. The monoisotopic (exact) mass is 438 g/mol. The van der Waals surface area contributed by atoms with Crippen molar-refractivity contribution in [3.63, 3.8) is 0 Å². The van der Waals surface area contributed by atoms with Crippen LogP contribution in [0, 0.1) is 17.2 Å². The fraction of sp³-hybridized carbons (Fsp3) is 0.304. The van der Waals surface area contributed by atoms with Crippen molar-refractivity contribution in [1.82, 2.24) is 0 Å². The smallest absolute Gasteiger partial charge is 0.337 e. The summed E-state index contributed by atoms with van der Waals surface area (Å²) in [5.41, 5.74) is 2.63. The van der Waals surface area contributed by atoms with Crippen LogP contribution >= 0.6 is 11.3 Å². The van der Waals surface area contributed by atoms with Gasteiger partial charge in [0, 0.05) is 11.0 Å². The lowest BCUT2D eigenvalue weighted by Gasteiger charge is -2.17. The number of carbonyl (C=O) groups is 3. The standard InChI is InChI=1S/C23H22N2O5S/c1-14-3-9-17-18(12-24)22(31-19(17)11-14)25-20(26)13-30-21(27)10-6-15-4-7-16(8-5-15)23(28)29-2/h4-8,10,14H,3,9,11,13H2,1-2H3,(H,25,26)/b10-6+/t14-/m0/s1. The van der Waals surface area contributed by atoms with Crippen LogP contribution in [-0.2, 0) is 31.9 Å². The summed E-state index contributed by atoms with van der Waals surface area (Å²) in [6, 6.07) is 8.67. The number of carbonyl (C=O) groups excluding carboxylic acids is 3. The first-order valence-corrected chi connectivity index (χ1v) is 10.6. The molecule has 0 saturated heterocycles. The number of hydrogen-bond acceptors (Lipinski definition) is 7. The van der Waals surface area contributed by atoms with E-state index in [-0.39, 0.29) is 0 Å². The van der Waals surface area contributed by atoms with Crippen LogP contribution in [0.1, 0.15) is 45.3 Å². The third-order valence-electron chi connectivity index (χ3n) is 4.97. The average molecular weight is 439 g/mol. The first-order chi connectivity index (χ1) is 14.9. The van der Waals surface area contributed by atoms with Gasteiger partial charge in [0.25, 0.3) is 5.91 Å². The Hall–Kier alpha value is -3.44. The minimum atomic E-state index is -0.674. The molecule has 1 atom stereocenters. The van der Waals surface area contributed by atoms with E-state index in [9.17, 15) is 19.6 Å². The molecule has 3 rings (SSSR count). The molecule has 0 saturated carbocycles. The van der Waals surface area contributed by atoms with Gasteiger partial charge in [0.1, 0.15) is 11.1 Å². The van der Waals surface area contributed by atoms with Crippen molar-refractivity contribution in [2.45, 2.75) is 26.2 Å². The molecule has 31 heavy (non-hydrogen) atoms. The molecule has 1 heterocycles. The maximum absolute atomic E-state index is 12.2. The fourth-order valence-electron chi connectivity index (χ4n) is 3.32. The summed E-state index contributed by atoms with van der Waals surface area (Å²) in [5, 5.41) is 12.7. The lowest BCUT2D eigenvalue weighted by molar-refractivity contribution is -0.142. The molecule has 0 bridgehead atoms. The molecule has 0 unspecified atom stereocenters. The summed E-state index contributed by atoms with van der Waals surface area (Å²) >= 11 is 1.42. The Kier molecular flexibility index (Phi) is 7.21. The highest BCUT2D eigenvalue weighted by Gasteiger charge is 2.24. The van der Waals surface area contributed by atoms with E-state index in [2.05, 4.69) is 23.0 Å². The van der Waals surface area contributed by atoms with E-state index in [4.69, 9.17) is 4.74 Å². The van der Waals surface area contributed by atoms with Gasteiger partial charge in [-0.1, -0.05) is 19.1 Å². The van der Waals surface area contributed by atoms with Gasteiger partial charge in [0.15, 0.2) is 6.61 Å². The number of nitrogens with zero attached hydrogens (tertiary/aromatic N) is 1. The Labute approximate surface area is 184 Å². The molecule has 0 spiro atoms. The van der Waals surface area contributed by atoms with Gasteiger partial charge in [-0.3, -0.25) is 4.79 Å². The van der Waals surface area contributed by atoms with Gasteiger partial charge in [0.05, 0.1) is 18.2 Å². The molecule has 1 aliphatic rings. The number of benzene rings is 1. The maximum atomic E-state index is 12.2. The zero-order chi connectivity index (χ0) is 22.4. The molecule has 160 valence electrons. The van der Waals surface area contributed by atoms with Gasteiger partial charge < -0.3 is 14.8 Å². The lowest BCUT2D eigenvalue weighted by atomic mass is 9.89. The van der Waals surface area contributed by atoms with E-state index in [0.717, 1.165) is 29.7 Å². The second-order valence-electron chi connectivity index (χ2n) is 7.27. The van der Waals surface area contributed by atoms with Crippen LogP contribution in [0.25, 0.3) is 6.08 Å². The first kappa shape index (κ1) is 22.2. The Bertz CT molecular complexity index is 1060. The largest absolute Gasteiger partial charge is 0.465 e. The van der Waals surface area contributed by atoms with Crippen molar-refractivity contribution >= 4 is 40.3 Å². The second kappa shape index (κ2) is 10.0. The predicted octanol–water partition coefficient (Wildman–Crippen LogP) is 3.73. The number of ether oxygens (including phenoxy) is 2. The van der Waals surface area contributed by atoms with E-state index >= 15 is 0 Å². The third-order valence-corrected chi connectivity index (χ3v) is 6.14. The first-order valence-electron chi connectivity index (χ1n) is 9.79. The van der Waals surface area contributed by atoms with Crippen LogP contribution < -0.4 is 5.32 Å². The van der Waals surface area contributed by atoms with Crippen LogP contribution in [0.4, 0.5) is 5.00 Å². The maximum Gasteiger partial charge on any atom is 0.337 e. The van der Waals surface area contributed by atoms with Crippen LogP contribution in [0.3, 0.4) is 0 Å². The van der Waals surface area contributed by atoms with E-state index in [1.807, 2.05) is 0 Å². The van der Waals surface area contributed by atoms with Crippen LogP contribution in [0.15, 0.2) is 30.3 Å². The van der Waals surface area contributed by atoms with Gasteiger partial charge in [-0.15, -0.1) is 11.3 Å². The molecule has 1 N–H and O–H groups in total. The molecule has 0 radical (unpaired) electrons. The number of anilines is 1. The van der Waals surface area contributed by atoms with Crippen molar-refractivity contribution < 1.29 is 23.9 Å². The SMILES string of the molecule is COC(=O)c1ccc(/C=C/C(=O)OCC(=O)Nc2sc3c(c2C#N)CC[C@H](C)C3)cc1. The summed E-state index contributed by atoms with van der Waals surface area (Å²) in [6.45, 7) is 1.72.